The number of nitrogens with two attached hydrogens (primary N) is 1. The first-order chi connectivity index (χ1) is 7.41. The van der Waals surface area contributed by atoms with E-state index in [4.69, 9.17) is 22.4 Å². The molecule has 0 saturated heterocycles. The van der Waals surface area contributed by atoms with E-state index < -0.39 is 11.2 Å². The highest BCUT2D eigenvalue weighted by Crippen LogP contribution is 2.33. The molecule has 0 radical (unpaired) electrons. The molecule has 0 spiro atoms. The van der Waals surface area contributed by atoms with Crippen LogP contribution in [0.25, 0.3) is 0 Å². The molecule has 1 rings (SSSR count). The number of halogens is 1. The van der Waals surface area contributed by atoms with Gasteiger partial charge in [0.2, 0.25) is 0 Å². The van der Waals surface area contributed by atoms with Gasteiger partial charge in [0.25, 0.3) is 0 Å². The van der Waals surface area contributed by atoms with Crippen LogP contribution < -0.4 is 5.73 Å². The zero-order chi connectivity index (χ0) is 12.3. The monoisotopic (exact) mass is 259 g/mol. The number of hydrogen-bond donors (Lipinski definition) is 2. The molecule has 0 aromatic heterocycles. The summed E-state index contributed by atoms with van der Waals surface area (Å²) in [7, 11) is 0. The van der Waals surface area contributed by atoms with Crippen molar-refractivity contribution in [3.63, 3.8) is 0 Å². The number of nitrogen functional groups attached to an aromatic ring is 1. The second-order valence-corrected chi connectivity index (χ2v) is 5.42. The molecule has 0 aliphatic carbocycles. The van der Waals surface area contributed by atoms with Crippen LogP contribution in [-0.2, 0) is 4.79 Å². The first-order valence-corrected chi connectivity index (χ1v) is 6.12. The largest absolute Gasteiger partial charge is 0.480 e. The Morgan fingerprint density at radius 2 is 2.12 bits per heavy atom. The fourth-order valence-electron chi connectivity index (χ4n) is 1.24. The van der Waals surface area contributed by atoms with Crippen molar-refractivity contribution in [2.24, 2.45) is 5.92 Å². The van der Waals surface area contributed by atoms with Crippen LogP contribution in [0, 0.1) is 5.92 Å². The van der Waals surface area contributed by atoms with Crippen molar-refractivity contribution in [2.75, 3.05) is 5.73 Å². The third kappa shape index (κ3) is 3.32. The molecule has 0 bridgehead atoms. The van der Waals surface area contributed by atoms with Crippen LogP contribution >= 0.6 is 23.4 Å². The van der Waals surface area contributed by atoms with Gasteiger partial charge in [-0.25, -0.2) is 0 Å². The summed E-state index contributed by atoms with van der Waals surface area (Å²) in [5.74, 6) is -0.785. The number of thioether (sulfide) groups is 1. The lowest BCUT2D eigenvalue weighted by Crippen LogP contribution is -2.22. The maximum Gasteiger partial charge on any atom is 0.317 e. The summed E-state index contributed by atoms with van der Waals surface area (Å²) in [6.07, 6.45) is 0. The minimum Gasteiger partial charge on any atom is -0.480 e. The second-order valence-electron chi connectivity index (χ2n) is 3.80. The van der Waals surface area contributed by atoms with Gasteiger partial charge >= 0.3 is 5.97 Å². The number of hydrogen-bond acceptors (Lipinski definition) is 3. The van der Waals surface area contributed by atoms with Gasteiger partial charge in [-0.15, -0.1) is 11.8 Å². The maximum atomic E-state index is 11.0. The van der Waals surface area contributed by atoms with Crippen molar-refractivity contribution in [3.05, 3.63) is 23.2 Å². The Morgan fingerprint density at radius 1 is 1.50 bits per heavy atom. The number of rotatable bonds is 4. The molecule has 1 unspecified atom stereocenters. The number of anilines is 1. The molecule has 1 atom stereocenters. The van der Waals surface area contributed by atoms with Crippen molar-refractivity contribution in [1.82, 2.24) is 0 Å². The number of carboxylic acids is 1. The molecule has 0 fully saturated rings. The summed E-state index contributed by atoms with van der Waals surface area (Å²) in [6.45, 7) is 3.75. The molecule has 16 heavy (non-hydrogen) atoms. The summed E-state index contributed by atoms with van der Waals surface area (Å²) in [4.78, 5) is 11.8. The SMILES string of the molecule is CC(C)C(Sc1ccc(Cl)cc1N)C(=O)O. The Labute approximate surface area is 104 Å². The average Bonchev–Trinajstić information content (AvgIpc) is 2.15. The van der Waals surface area contributed by atoms with E-state index in [1.807, 2.05) is 13.8 Å². The van der Waals surface area contributed by atoms with E-state index in [2.05, 4.69) is 0 Å². The van der Waals surface area contributed by atoms with E-state index in [1.54, 1.807) is 18.2 Å². The lowest BCUT2D eigenvalue weighted by molar-refractivity contribution is -0.137. The fraction of sp³-hybridized carbons (Fsp3) is 0.364. The van der Waals surface area contributed by atoms with Gasteiger partial charge in [-0.2, -0.15) is 0 Å². The fourth-order valence-corrected chi connectivity index (χ4v) is 2.40. The van der Waals surface area contributed by atoms with Crippen LogP contribution in [0.5, 0.6) is 0 Å². The normalized spacial score (nSPS) is 12.8. The summed E-state index contributed by atoms with van der Waals surface area (Å²) in [5, 5.41) is 9.12. The van der Waals surface area contributed by atoms with E-state index in [0.717, 1.165) is 4.90 Å². The van der Waals surface area contributed by atoms with Crippen LogP contribution in [0.3, 0.4) is 0 Å². The van der Waals surface area contributed by atoms with Crippen LogP contribution in [-0.4, -0.2) is 16.3 Å². The molecule has 88 valence electrons. The molecule has 1 aromatic carbocycles. The highest BCUT2D eigenvalue weighted by Gasteiger charge is 2.23. The van der Waals surface area contributed by atoms with Crippen molar-refractivity contribution in [3.8, 4) is 0 Å². The van der Waals surface area contributed by atoms with Crippen molar-refractivity contribution in [1.29, 1.82) is 0 Å². The van der Waals surface area contributed by atoms with Gasteiger partial charge in [0.1, 0.15) is 5.25 Å². The minimum atomic E-state index is -0.825. The number of aliphatic carboxylic acids is 1. The van der Waals surface area contributed by atoms with Crippen LogP contribution in [0.4, 0.5) is 5.69 Å². The molecule has 3 N–H and O–H groups in total. The van der Waals surface area contributed by atoms with Gasteiger partial charge in [-0.3, -0.25) is 4.79 Å². The zero-order valence-electron chi connectivity index (χ0n) is 9.11. The lowest BCUT2D eigenvalue weighted by atomic mass is 10.1. The Balaban J connectivity index is 2.90. The number of benzene rings is 1. The molecule has 0 heterocycles. The Morgan fingerprint density at radius 3 is 2.56 bits per heavy atom. The van der Waals surface area contributed by atoms with E-state index in [0.29, 0.717) is 10.7 Å². The highest BCUT2D eigenvalue weighted by molar-refractivity contribution is 8.00. The topological polar surface area (TPSA) is 63.3 Å². The van der Waals surface area contributed by atoms with Crippen molar-refractivity contribution < 1.29 is 9.90 Å². The number of carbonyl (C=O) groups is 1. The first kappa shape index (κ1) is 13.2. The molecular weight excluding hydrogens is 246 g/mol. The highest BCUT2D eigenvalue weighted by atomic mass is 35.5. The van der Waals surface area contributed by atoms with Gasteiger partial charge < -0.3 is 10.8 Å². The second kappa shape index (κ2) is 5.46. The molecule has 5 heteroatoms. The quantitative estimate of drug-likeness (QED) is 0.644. The molecule has 0 saturated carbocycles. The molecule has 0 aliphatic rings. The number of carboxylic acid groups (broad SMARTS) is 1. The van der Waals surface area contributed by atoms with Gasteiger partial charge in [0, 0.05) is 15.6 Å². The molecule has 0 aliphatic heterocycles. The predicted octanol–water partition coefficient (Wildman–Crippen LogP) is 3.12. The smallest absolute Gasteiger partial charge is 0.317 e. The van der Waals surface area contributed by atoms with Gasteiger partial charge in [-0.05, 0) is 24.1 Å². The molecule has 3 nitrogen and oxygen atoms in total. The lowest BCUT2D eigenvalue weighted by Gasteiger charge is -2.16. The van der Waals surface area contributed by atoms with E-state index in [9.17, 15) is 4.79 Å². The maximum absolute atomic E-state index is 11.0. The van der Waals surface area contributed by atoms with E-state index in [-0.39, 0.29) is 5.92 Å². The summed E-state index contributed by atoms with van der Waals surface area (Å²) in [6, 6.07) is 5.09. The van der Waals surface area contributed by atoms with Gasteiger partial charge in [0.05, 0.1) is 0 Å². The summed E-state index contributed by atoms with van der Waals surface area (Å²) >= 11 is 7.03. The van der Waals surface area contributed by atoms with E-state index >= 15 is 0 Å². The van der Waals surface area contributed by atoms with Crippen LogP contribution in [0.1, 0.15) is 13.8 Å². The molecule has 1 aromatic rings. The van der Waals surface area contributed by atoms with E-state index in [1.165, 1.54) is 11.8 Å². The van der Waals surface area contributed by atoms with Gasteiger partial charge in [-0.1, -0.05) is 25.4 Å². The Hall–Kier alpha value is -0.870. The third-order valence-electron chi connectivity index (χ3n) is 2.07. The van der Waals surface area contributed by atoms with Crippen LogP contribution in [0.2, 0.25) is 5.02 Å². The summed E-state index contributed by atoms with van der Waals surface area (Å²) in [5.41, 5.74) is 6.29. The standard InChI is InChI=1S/C11H14ClNO2S/c1-6(2)10(11(14)15)16-9-4-3-7(12)5-8(9)13/h3-6,10H,13H2,1-2H3,(H,14,15). The minimum absolute atomic E-state index is 0.0394. The predicted molar refractivity (Wildman–Crippen MR) is 68.0 cm³/mol. The van der Waals surface area contributed by atoms with Crippen molar-refractivity contribution in [2.45, 2.75) is 24.0 Å². The average molecular weight is 260 g/mol. The molecule has 0 amide bonds. The zero-order valence-corrected chi connectivity index (χ0v) is 10.7. The van der Waals surface area contributed by atoms with Gasteiger partial charge in [0.15, 0.2) is 0 Å². The molecular formula is C11H14ClNO2S. The Kier molecular flexibility index (Phi) is 4.50. The third-order valence-corrected chi connectivity index (χ3v) is 3.94. The Bertz CT molecular complexity index is 396. The summed E-state index contributed by atoms with van der Waals surface area (Å²) < 4.78 is 0. The van der Waals surface area contributed by atoms with Crippen molar-refractivity contribution >= 4 is 35.0 Å². The first-order valence-electron chi connectivity index (χ1n) is 4.86. The van der Waals surface area contributed by atoms with Crippen LogP contribution in [0.15, 0.2) is 23.1 Å².